The fraction of sp³-hybridized carbons (Fsp3) is 0.300. The van der Waals surface area contributed by atoms with Gasteiger partial charge in [-0.05, 0) is 55.3 Å². The quantitative estimate of drug-likeness (QED) is 0.895. The Kier molecular flexibility index (Phi) is 5.78. The van der Waals surface area contributed by atoms with Crippen molar-refractivity contribution in [2.45, 2.75) is 18.9 Å². The number of amides is 2. The van der Waals surface area contributed by atoms with Crippen LogP contribution in [0.4, 0.5) is 0 Å². The summed E-state index contributed by atoms with van der Waals surface area (Å²) in [7, 11) is 1.60. The fourth-order valence-electron chi connectivity index (χ4n) is 3.04. The lowest BCUT2D eigenvalue weighted by Gasteiger charge is -2.32. The summed E-state index contributed by atoms with van der Waals surface area (Å²) in [4.78, 5) is 26.7. The lowest BCUT2D eigenvalue weighted by atomic mass is 10.0. The zero-order valence-corrected chi connectivity index (χ0v) is 15.3. The van der Waals surface area contributed by atoms with Crippen LogP contribution in [0.25, 0.3) is 0 Å². The number of rotatable bonds is 4. The van der Waals surface area contributed by atoms with Crippen LogP contribution in [0.3, 0.4) is 0 Å². The van der Waals surface area contributed by atoms with Crippen molar-refractivity contribution in [1.82, 2.24) is 10.2 Å². The van der Waals surface area contributed by atoms with Gasteiger partial charge in [0.2, 0.25) is 0 Å². The second-order valence-electron chi connectivity index (χ2n) is 6.28. The van der Waals surface area contributed by atoms with Crippen molar-refractivity contribution >= 4 is 23.4 Å². The van der Waals surface area contributed by atoms with Gasteiger partial charge in [-0.15, -0.1) is 0 Å². The first-order valence-electron chi connectivity index (χ1n) is 8.56. The number of piperidine rings is 1. The van der Waals surface area contributed by atoms with Gasteiger partial charge in [0.25, 0.3) is 11.8 Å². The molecule has 1 aliphatic rings. The largest absolute Gasteiger partial charge is 0.497 e. The molecule has 0 unspecified atom stereocenters. The van der Waals surface area contributed by atoms with Crippen LogP contribution in [0.1, 0.15) is 33.6 Å². The number of hydrogen-bond acceptors (Lipinski definition) is 3. The summed E-state index contributed by atoms with van der Waals surface area (Å²) in [5.74, 6) is 0.601. The first kappa shape index (κ1) is 18.3. The van der Waals surface area contributed by atoms with Gasteiger partial charge in [0.15, 0.2) is 0 Å². The summed E-state index contributed by atoms with van der Waals surface area (Å²) in [6.45, 7) is 1.23. The monoisotopic (exact) mass is 372 g/mol. The molecule has 0 saturated carbocycles. The van der Waals surface area contributed by atoms with Crippen molar-refractivity contribution < 1.29 is 14.3 Å². The predicted molar refractivity (Wildman–Crippen MR) is 101 cm³/mol. The van der Waals surface area contributed by atoms with E-state index in [-0.39, 0.29) is 17.9 Å². The van der Waals surface area contributed by atoms with Crippen LogP contribution in [0.15, 0.2) is 48.5 Å². The molecule has 2 amide bonds. The van der Waals surface area contributed by atoms with Crippen LogP contribution in [-0.2, 0) is 0 Å². The highest BCUT2D eigenvalue weighted by atomic mass is 35.5. The second kappa shape index (κ2) is 8.23. The van der Waals surface area contributed by atoms with Crippen LogP contribution in [0, 0.1) is 0 Å². The van der Waals surface area contributed by atoms with Gasteiger partial charge < -0.3 is 15.0 Å². The van der Waals surface area contributed by atoms with Crippen molar-refractivity contribution in [3.63, 3.8) is 0 Å². The van der Waals surface area contributed by atoms with Crippen LogP contribution < -0.4 is 10.1 Å². The lowest BCUT2D eigenvalue weighted by molar-refractivity contribution is 0.0698. The van der Waals surface area contributed by atoms with Gasteiger partial charge in [-0.2, -0.15) is 0 Å². The number of ether oxygens (including phenoxy) is 1. The minimum atomic E-state index is -0.132. The van der Waals surface area contributed by atoms with E-state index in [0.29, 0.717) is 29.2 Å². The summed E-state index contributed by atoms with van der Waals surface area (Å²) < 4.78 is 5.12. The molecule has 2 aromatic rings. The molecule has 26 heavy (non-hydrogen) atoms. The van der Waals surface area contributed by atoms with E-state index in [0.717, 1.165) is 18.6 Å². The van der Waals surface area contributed by atoms with Gasteiger partial charge in [-0.1, -0.05) is 17.7 Å². The van der Waals surface area contributed by atoms with E-state index in [9.17, 15) is 9.59 Å². The van der Waals surface area contributed by atoms with Gasteiger partial charge in [0, 0.05) is 35.3 Å². The molecular weight excluding hydrogens is 352 g/mol. The Balaban J connectivity index is 1.53. The SMILES string of the molecule is COc1ccc(C(=O)N2CCC(NC(=O)c3cccc(Cl)c3)CC2)cc1. The minimum absolute atomic E-state index is 0.00673. The van der Waals surface area contributed by atoms with Crippen molar-refractivity contribution in [2.24, 2.45) is 0 Å². The first-order valence-corrected chi connectivity index (χ1v) is 8.94. The van der Waals surface area contributed by atoms with Crippen molar-refractivity contribution in [2.75, 3.05) is 20.2 Å². The number of carbonyl (C=O) groups is 2. The summed E-state index contributed by atoms with van der Waals surface area (Å²) in [5, 5.41) is 3.56. The maximum absolute atomic E-state index is 12.6. The molecule has 2 aromatic carbocycles. The molecule has 0 aliphatic carbocycles. The molecule has 0 spiro atoms. The fourth-order valence-corrected chi connectivity index (χ4v) is 3.23. The molecule has 0 aromatic heterocycles. The van der Waals surface area contributed by atoms with Crippen LogP contribution in [0.5, 0.6) is 5.75 Å². The predicted octanol–water partition coefficient (Wildman–Crippen LogP) is 3.38. The highest BCUT2D eigenvalue weighted by Crippen LogP contribution is 2.17. The Hall–Kier alpha value is -2.53. The van der Waals surface area contributed by atoms with Gasteiger partial charge in [-0.25, -0.2) is 0 Å². The molecule has 1 saturated heterocycles. The van der Waals surface area contributed by atoms with Crippen molar-refractivity contribution in [3.8, 4) is 5.75 Å². The van der Waals surface area contributed by atoms with E-state index in [1.165, 1.54) is 0 Å². The summed E-state index contributed by atoms with van der Waals surface area (Å²) in [5.41, 5.74) is 1.20. The average Bonchev–Trinajstić information content (AvgIpc) is 2.68. The Labute approximate surface area is 157 Å². The number of halogens is 1. The van der Waals surface area contributed by atoms with E-state index in [4.69, 9.17) is 16.3 Å². The number of likely N-dealkylation sites (tertiary alicyclic amines) is 1. The molecule has 1 fully saturated rings. The van der Waals surface area contributed by atoms with Crippen LogP contribution in [0.2, 0.25) is 5.02 Å². The number of hydrogen-bond donors (Lipinski definition) is 1. The molecule has 1 heterocycles. The number of benzene rings is 2. The zero-order chi connectivity index (χ0) is 18.5. The maximum Gasteiger partial charge on any atom is 0.253 e. The van der Waals surface area contributed by atoms with Crippen molar-refractivity contribution in [3.05, 3.63) is 64.7 Å². The first-order chi connectivity index (χ1) is 12.6. The maximum atomic E-state index is 12.6. The van der Waals surface area contributed by atoms with Crippen LogP contribution >= 0.6 is 11.6 Å². The van der Waals surface area contributed by atoms with Gasteiger partial charge in [0.1, 0.15) is 5.75 Å². The van der Waals surface area contributed by atoms with E-state index in [2.05, 4.69) is 5.32 Å². The molecular formula is C20H21ClN2O3. The summed E-state index contributed by atoms with van der Waals surface area (Å²) >= 11 is 5.93. The highest BCUT2D eigenvalue weighted by molar-refractivity contribution is 6.30. The molecule has 5 nitrogen and oxygen atoms in total. The standard InChI is InChI=1S/C20H21ClN2O3/c1-26-18-7-5-14(6-8-18)20(25)23-11-9-17(10-12-23)22-19(24)15-3-2-4-16(21)13-15/h2-8,13,17H,9-12H2,1H3,(H,22,24). The number of nitrogens with one attached hydrogen (secondary N) is 1. The molecule has 6 heteroatoms. The van der Waals surface area contributed by atoms with Gasteiger partial charge in [0.05, 0.1) is 7.11 Å². The molecule has 0 radical (unpaired) electrons. The Morgan fingerprint density at radius 1 is 1.08 bits per heavy atom. The third kappa shape index (κ3) is 4.35. The highest BCUT2D eigenvalue weighted by Gasteiger charge is 2.25. The van der Waals surface area contributed by atoms with Crippen molar-refractivity contribution in [1.29, 1.82) is 0 Å². The second-order valence-corrected chi connectivity index (χ2v) is 6.72. The number of nitrogens with zero attached hydrogens (tertiary/aromatic N) is 1. The smallest absolute Gasteiger partial charge is 0.253 e. The summed E-state index contributed by atoms with van der Waals surface area (Å²) in [6.07, 6.45) is 1.46. The van der Waals surface area contributed by atoms with E-state index < -0.39 is 0 Å². The number of carbonyl (C=O) groups excluding carboxylic acids is 2. The Bertz CT molecular complexity index is 784. The normalized spacial score (nSPS) is 14.8. The zero-order valence-electron chi connectivity index (χ0n) is 14.6. The van der Waals surface area contributed by atoms with Gasteiger partial charge in [-0.3, -0.25) is 9.59 Å². The topological polar surface area (TPSA) is 58.6 Å². The Morgan fingerprint density at radius 3 is 2.38 bits per heavy atom. The van der Waals surface area contributed by atoms with E-state index in [1.54, 1.807) is 55.6 Å². The number of methoxy groups -OCH3 is 1. The van der Waals surface area contributed by atoms with Gasteiger partial charge >= 0.3 is 0 Å². The molecule has 136 valence electrons. The molecule has 3 rings (SSSR count). The average molecular weight is 373 g/mol. The lowest BCUT2D eigenvalue weighted by Crippen LogP contribution is -2.46. The third-order valence-electron chi connectivity index (χ3n) is 4.54. The molecule has 1 aliphatic heterocycles. The molecule has 0 atom stereocenters. The molecule has 1 N–H and O–H groups in total. The minimum Gasteiger partial charge on any atom is -0.497 e. The third-order valence-corrected chi connectivity index (χ3v) is 4.78. The Morgan fingerprint density at radius 2 is 1.77 bits per heavy atom. The van der Waals surface area contributed by atoms with E-state index >= 15 is 0 Å². The van der Waals surface area contributed by atoms with Crippen LogP contribution in [-0.4, -0.2) is 43.0 Å². The summed E-state index contributed by atoms with van der Waals surface area (Å²) in [6, 6.07) is 14.1. The molecule has 0 bridgehead atoms. The van der Waals surface area contributed by atoms with E-state index in [1.807, 2.05) is 4.90 Å².